The highest BCUT2D eigenvalue weighted by molar-refractivity contribution is 5.96. The monoisotopic (exact) mass is 370 g/mol. The summed E-state index contributed by atoms with van der Waals surface area (Å²) in [4.78, 5) is 35.6. The van der Waals surface area contributed by atoms with Crippen LogP contribution in [0.5, 0.6) is 5.75 Å². The first-order valence-corrected chi connectivity index (χ1v) is 8.52. The van der Waals surface area contributed by atoms with Crippen LogP contribution < -0.4 is 15.4 Å². The van der Waals surface area contributed by atoms with Gasteiger partial charge in [0, 0.05) is 24.2 Å². The van der Waals surface area contributed by atoms with E-state index in [9.17, 15) is 14.4 Å². The van der Waals surface area contributed by atoms with Crippen molar-refractivity contribution in [3.63, 3.8) is 0 Å². The van der Waals surface area contributed by atoms with Crippen LogP contribution in [-0.2, 0) is 9.53 Å². The summed E-state index contributed by atoms with van der Waals surface area (Å²) < 4.78 is 9.98. The van der Waals surface area contributed by atoms with Crippen molar-refractivity contribution >= 4 is 23.5 Å². The number of carbonyl (C=O) groups excluding carboxylic acids is 3. The Morgan fingerprint density at radius 3 is 2.41 bits per heavy atom. The van der Waals surface area contributed by atoms with Crippen molar-refractivity contribution < 1.29 is 23.9 Å². The number of hydrogen-bond acceptors (Lipinski definition) is 5. The molecule has 0 aliphatic heterocycles. The van der Waals surface area contributed by atoms with Gasteiger partial charge in [0.05, 0.1) is 19.3 Å². The molecule has 2 N–H and O–H groups in total. The van der Waals surface area contributed by atoms with Crippen molar-refractivity contribution in [2.75, 3.05) is 25.6 Å². The number of amides is 2. The van der Waals surface area contributed by atoms with Gasteiger partial charge in [0.1, 0.15) is 5.75 Å². The zero-order chi connectivity index (χ0) is 19.6. The molecule has 0 heterocycles. The Morgan fingerprint density at radius 1 is 1.00 bits per heavy atom. The minimum Gasteiger partial charge on any atom is -0.497 e. The summed E-state index contributed by atoms with van der Waals surface area (Å²) in [6.45, 7) is 2.24. The largest absolute Gasteiger partial charge is 0.497 e. The Bertz CT molecular complexity index is 802. The van der Waals surface area contributed by atoms with Gasteiger partial charge < -0.3 is 20.1 Å². The van der Waals surface area contributed by atoms with Crippen molar-refractivity contribution in [1.29, 1.82) is 0 Å². The maximum atomic E-state index is 12.1. The molecule has 2 aromatic rings. The lowest BCUT2D eigenvalue weighted by Crippen LogP contribution is -2.27. The third-order valence-electron chi connectivity index (χ3n) is 3.65. The molecule has 0 fully saturated rings. The molecule has 0 aromatic heterocycles. The van der Waals surface area contributed by atoms with Crippen molar-refractivity contribution in [2.24, 2.45) is 0 Å². The maximum Gasteiger partial charge on any atom is 0.338 e. The number of esters is 1. The van der Waals surface area contributed by atoms with E-state index in [-0.39, 0.29) is 24.8 Å². The molecule has 0 bridgehead atoms. The fraction of sp³-hybridized carbons (Fsp3) is 0.250. The van der Waals surface area contributed by atoms with Gasteiger partial charge in [-0.25, -0.2) is 4.79 Å². The molecule has 0 aliphatic carbocycles. The molecule has 7 heteroatoms. The van der Waals surface area contributed by atoms with Crippen LogP contribution >= 0.6 is 0 Å². The van der Waals surface area contributed by atoms with E-state index in [2.05, 4.69) is 10.6 Å². The van der Waals surface area contributed by atoms with E-state index < -0.39 is 5.97 Å². The van der Waals surface area contributed by atoms with Crippen LogP contribution in [0.25, 0.3) is 0 Å². The zero-order valence-electron chi connectivity index (χ0n) is 15.3. The Hall–Kier alpha value is -3.35. The summed E-state index contributed by atoms with van der Waals surface area (Å²) in [7, 11) is 1.53. The van der Waals surface area contributed by atoms with E-state index in [0.29, 0.717) is 29.2 Å². The molecule has 0 unspecified atom stereocenters. The number of benzene rings is 2. The van der Waals surface area contributed by atoms with Gasteiger partial charge in [0.25, 0.3) is 5.91 Å². The zero-order valence-corrected chi connectivity index (χ0v) is 15.3. The van der Waals surface area contributed by atoms with E-state index in [0.717, 1.165) is 0 Å². The molecular formula is C20H22N2O5. The Morgan fingerprint density at radius 2 is 1.74 bits per heavy atom. The Balaban J connectivity index is 1.78. The summed E-state index contributed by atoms with van der Waals surface area (Å²) in [5.41, 5.74) is 1.44. The third kappa shape index (κ3) is 6.14. The molecule has 0 saturated carbocycles. The van der Waals surface area contributed by atoms with Crippen LogP contribution in [0.4, 0.5) is 5.69 Å². The molecule has 7 nitrogen and oxygen atoms in total. The lowest BCUT2D eigenvalue weighted by molar-refractivity contribution is -0.116. The van der Waals surface area contributed by atoms with Crippen molar-refractivity contribution in [1.82, 2.24) is 5.32 Å². The van der Waals surface area contributed by atoms with Crippen molar-refractivity contribution in [2.45, 2.75) is 13.3 Å². The minimum atomic E-state index is -0.407. The first kappa shape index (κ1) is 20.0. The Kier molecular flexibility index (Phi) is 7.37. The number of hydrogen-bond donors (Lipinski definition) is 2. The molecule has 0 radical (unpaired) electrons. The van der Waals surface area contributed by atoms with Gasteiger partial charge in [0.2, 0.25) is 5.91 Å². The molecule has 0 spiro atoms. The van der Waals surface area contributed by atoms with Gasteiger partial charge in [-0.2, -0.15) is 0 Å². The van der Waals surface area contributed by atoms with Gasteiger partial charge in [-0.15, -0.1) is 0 Å². The number of methoxy groups -OCH3 is 1. The van der Waals surface area contributed by atoms with Crippen LogP contribution in [0.3, 0.4) is 0 Å². The van der Waals surface area contributed by atoms with Gasteiger partial charge in [-0.1, -0.05) is 6.07 Å². The van der Waals surface area contributed by atoms with Crippen molar-refractivity contribution in [3.8, 4) is 5.75 Å². The van der Waals surface area contributed by atoms with Gasteiger partial charge in [-0.3, -0.25) is 9.59 Å². The second kappa shape index (κ2) is 9.96. The third-order valence-corrected chi connectivity index (χ3v) is 3.65. The second-order valence-electron chi connectivity index (χ2n) is 5.58. The van der Waals surface area contributed by atoms with E-state index in [4.69, 9.17) is 9.47 Å². The van der Waals surface area contributed by atoms with E-state index in [1.54, 1.807) is 55.5 Å². The first-order valence-electron chi connectivity index (χ1n) is 8.52. The topological polar surface area (TPSA) is 93.7 Å². The summed E-state index contributed by atoms with van der Waals surface area (Å²) in [5, 5.41) is 5.40. The molecule has 27 heavy (non-hydrogen) atoms. The minimum absolute atomic E-state index is 0.120. The normalized spacial score (nSPS) is 10.0. The van der Waals surface area contributed by atoms with Crippen LogP contribution in [0, 0.1) is 0 Å². The van der Waals surface area contributed by atoms with E-state index in [1.165, 1.54) is 7.11 Å². The fourth-order valence-electron chi connectivity index (χ4n) is 2.28. The van der Waals surface area contributed by atoms with E-state index >= 15 is 0 Å². The second-order valence-corrected chi connectivity index (χ2v) is 5.58. The van der Waals surface area contributed by atoms with Crippen molar-refractivity contribution in [3.05, 3.63) is 59.7 Å². The lowest BCUT2D eigenvalue weighted by atomic mass is 10.2. The standard InChI is InChI=1S/C20H22N2O5/c1-3-27-20(25)14-7-9-16(10-8-14)22-18(23)11-12-21-19(24)15-5-4-6-17(13-15)26-2/h4-10,13H,3,11-12H2,1-2H3,(H,21,24)(H,22,23). The van der Waals surface area contributed by atoms with Gasteiger partial charge in [0.15, 0.2) is 0 Å². The highest BCUT2D eigenvalue weighted by Gasteiger charge is 2.09. The highest BCUT2D eigenvalue weighted by atomic mass is 16.5. The summed E-state index contributed by atoms with van der Waals surface area (Å²) >= 11 is 0. The molecule has 0 saturated heterocycles. The molecule has 2 rings (SSSR count). The predicted molar refractivity (Wildman–Crippen MR) is 101 cm³/mol. The quantitative estimate of drug-likeness (QED) is 0.697. The fourth-order valence-corrected chi connectivity index (χ4v) is 2.28. The molecule has 142 valence electrons. The number of carbonyl (C=O) groups is 3. The van der Waals surface area contributed by atoms with E-state index in [1.807, 2.05) is 0 Å². The molecule has 2 amide bonds. The van der Waals surface area contributed by atoms with Gasteiger partial charge >= 0.3 is 5.97 Å². The molecule has 2 aromatic carbocycles. The summed E-state index contributed by atoms with van der Waals surface area (Å²) in [6.07, 6.45) is 0.120. The van der Waals surface area contributed by atoms with Crippen LogP contribution in [0.1, 0.15) is 34.1 Å². The van der Waals surface area contributed by atoms with Crippen LogP contribution in [-0.4, -0.2) is 38.0 Å². The summed E-state index contributed by atoms with van der Waals surface area (Å²) in [6, 6.07) is 13.2. The average molecular weight is 370 g/mol. The smallest absolute Gasteiger partial charge is 0.338 e. The molecule has 0 aliphatic rings. The SMILES string of the molecule is CCOC(=O)c1ccc(NC(=O)CCNC(=O)c2cccc(OC)c2)cc1. The lowest BCUT2D eigenvalue weighted by Gasteiger charge is -2.08. The maximum absolute atomic E-state index is 12.1. The first-order chi connectivity index (χ1) is 13.0. The summed E-state index contributed by atoms with van der Waals surface area (Å²) in [5.74, 6) is -0.340. The predicted octanol–water partition coefficient (Wildman–Crippen LogP) is 2.63. The molecule has 0 atom stereocenters. The van der Waals surface area contributed by atoms with Crippen LogP contribution in [0.2, 0.25) is 0 Å². The number of anilines is 1. The number of nitrogens with one attached hydrogen (secondary N) is 2. The highest BCUT2D eigenvalue weighted by Crippen LogP contribution is 2.13. The molecular weight excluding hydrogens is 348 g/mol. The van der Waals surface area contributed by atoms with Gasteiger partial charge in [-0.05, 0) is 49.4 Å². The average Bonchev–Trinajstić information content (AvgIpc) is 2.68. The number of ether oxygens (including phenoxy) is 2. The van der Waals surface area contributed by atoms with Crippen LogP contribution in [0.15, 0.2) is 48.5 Å². The number of rotatable bonds is 8. The Labute approximate surface area is 157 Å².